The first-order valence-corrected chi connectivity index (χ1v) is 11.9. The second-order valence-corrected chi connectivity index (χ2v) is 9.05. The number of likely N-dealkylation sites (N-methyl/N-ethyl adjacent to an activating group) is 1. The number of piperidine rings is 1. The van der Waals surface area contributed by atoms with Gasteiger partial charge in [-0.15, -0.1) is 0 Å². The summed E-state index contributed by atoms with van der Waals surface area (Å²) in [6, 6.07) is 4.25. The summed E-state index contributed by atoms with van der Waals surface area (Å²) < 4.78 is 22.6. The molecule has 1 amide bonds. The number of nitrogens with zero attached hydrogens (tertiary/aromatic N) is 4. The Labute approximate surface area is 207 Å². The average Bonchev–Trinajstić information content (AvgIpc) is 2.86. The molecule has 0 aliphatic carbocycles. The molecule has 1 aromatic carbocycles. The van der Waals surface area contributed by atoms with Crippen LogP contribution >= 0.6 is 11.6 Å². The fraction of sp³-hybridized carbons (Fsp3) is 0.417. The molecule has 0 saturated carbocycles. The van der Waals surface area contributed by atoms with Crippen molar-refractivity contribution in [3.8, 4) is 5.75 Å². The molecule has 11 heteroatoms. The number of rotatable bonds is 7. The number of carbonyl (C=O) groups is 1. The molecule has 35 heavy (non-hydrogen) atoms. The van der Waals surface area contributed by atoms with Gasteiger partial charge < -0.3 is 24.8 Å². The van der Waals surface area contributed by atoms with Crippen molar-refractivity contribution < 1.29 is 13.9 Å². The number of pyridine rings is 1. The third kappa shape index (κ3) is 5.17. The van der Waals surface area contributed by atoms with Crippen LogP contribution in [0.5, 0.6) is 5.75 Å². The van der Waals surface area contributed by atoms with Gasteiger partial charge >= 0.3 is 0 Å². The number of nitrogens with one attached hydrogen (secondary N) is 2. The highest BCUT2D eigenvalue weighted by Crippen LogP contribution is 2.32. The zero-order valence-corrected chi connectivity index (χ0v) is 20.7. The highest BCUT2D eigenvalue weighted by molar-refractivity contribution is 6.32. The Bertz CT molecular complexity index is 1310. The van der Waals surface area contributed by atoms with Crippen molar-refractivity contribution in [1.82, 2.24) is 19.9 Å². The second kappa shape index (κ2) is 10.5. The summed E-state index contributed by atoms with van der Waals surface area (Å²) >= 11 is 6.32. The number of fused-ring (bicyclic) bond motifs is 1. The lowest BCUT2D eigenvalue weighted by Gasteiger charge is -2.27. The first kappa shape index (κ1) is 24.7. The van der Waals surface area contributed by atoms with Crippen LogP contribution in [-0.4, -0.2) is 47.2 Å². The molecule has 9 nitrogen and oxygen atoms in total. The Morgan fingerprint density at radius 2 is 2.00 bits per heavy atom. The van der Waals surface area contributed by atoms with Crippen LogP contribution in [0.15, 0.2) is 29.2 Å². The van der Waals surface area contributed by atoms with E-state index in [1.807, 2.05) is 13.8 Å². The minimum absolute atomic E-state index is 0.113. The number of aromatic nitrogens is 3. The highest BCUT2D eigenvalue weighted by atomic mass is 35.5. The number of amides is 1. The van der Waals surface area contributed by atoms with Crippen molar-refractivity contribution >= 4 is 45.9 Å². The largest absolute Gasteiger partial charge is 0.478 e. The summed E-state index contributed by atoms with van der Waals surface area (Å²) in [4.78, 5) is 35.5. The lowest BCUT2D eigenvalue weighted by atomic mass is 10.1. The van der Waals surface area contributed by atoms with Crippen LogP contribution in [-0.2, 0) is 4.79 Å². The number of carbonyl (C=O) groups excluding carboxylic acids is 1. The van der Waals surface area contributed by atoms with Crippen molar-refractivity contribution in [2.24, 2.45) is 0 Å². The van der Waals surface area contributed by atoms with E-state index in [-0.39, 0.29) is 40.3 Å². The molecule has 0 unspecified atom stereocenters. The Balaban J connectivity index is 1.74. The Morgan fingerprint density at radius 1 is 1.26 bits per heavy atom. The topological polar surface area (TPSA) is 101 Å². The van der Waals surface area contributed by atoms with E-state index < -0.39 is 17.3 Å². The van der Waals surface area contributed by atoms with Gasteiger partial charge in [-0.2, -0.15) is 4.98 Å². The van der Waals surface area contributed by atoms with Gasteiger partial charge in [-0.25, -0.2) is 9.37 Å². The van der Waals surface area contributed by atoms with Crippen LogP contribution in [0.3, 0.4) is 0 Å². The second-order valence-electron chi connectivity index (χ2n) is 8.64. The van der Waals surface area contributed by atoms with Crippen LogP contribution < -0.4 is 25.8 Å². The number of ether oxygens (including phenoxy) is 1. The maximum absolute atomic E-state index is 15.8. The summed E-state index contributed by atoms with van der Waals surface area (Å²) in [5.41, 5.74) is 0.0959. The van der Waals surface area contributed by atoms with Gasteiger partial charge in [-0.1, -0.05) is 11.6 Å². The Hall–Kier alpha value is -3.40. The third-order valence-corrected chi connectivity index (χ3v) is 6.18. The van der Waals surface area contributed by atoms with Gasteiger partial charge in [-0.05, 0) is 51.3 Å². The molecule has 3 aromatic rings. The predicted molar refractivity (Wildman–Crippen MR) is 135 cm³/mol. The molecule has 0 bridgehead atoms. The van der Waals surface area contributed by atoms with Crippen molar-refractivity contribution in [2.45, 2.75) is 39.2 Å². The normalized spacial score (nSPS) is 13.8. The highest BCUT2D eigenvalue weighted by Gasteiger charge is 2.20. The zero-order valence-electron chi connectivity index (χ0n) is 19.9. The van der Waals surface area contributed by atoms with Crippen LogP contribution in [0.25, 0.3) is 10.9 Å². The Morgan fingerprint density at radius 3 is 2.69 bits per heavy atom. The maximum atomic E-state index is 15.8. The van der Waals surface area contributed by atoms with E-state index in [2.05, 4.69) is 25.5 Å². The summed E-state index contributed by atoms with van der Waals surface area (Å²) in [5, 5.41) is 5.82. The first-order chi connectivity index (χ1) is 16.8. The number of halogens is 2. The van der Waals surface area contributed by atoms with Gasteiger partial charge in [0.25, 0.3) is 11.5 Å². The summed E-state index contributed by atoms with van der Waals surface area (Å²) in [6.45, 7) is 4.99. The predicted octanol–water partition coefficient (Wildman–Crippen LogP) is 4.02. The minimum atomic E-state index is -0.601. The molecule has 2 aromatic heterocycles. The standard InChI is InChI=1S/C24H28ClFN6O3/c1-14(2)32-18-8-7-17(21(26)15(18)11-19(23(32)34)35-13-20(33)27-3)29-22-16(25)12-28-24(30-22)31-9-5-4-6-10-31/h7-8,11-12,14H,4-6,9-10,13H2,1-3H3,(H,27,33)(H,28,29,30). The fourth-order valence-corrected chi connectivity index (χ4v) is 4.24. The molecule has 1 saturated heterocycles. The minimum Gasteiger partial charge on any atom is -0.478 e. The van der Waals surface area contributed by atoms with Crippen LogP contribution in [0.2, 0.25) is 5.02 Å². The summed E-state index contributed by atoms with van der Waals surface area (Å²) in [5.74, 6) is -0.293. The number of hydrogen-bond donors (Lipinski definition) is 2. The molecule has 4 rings (SSSR count). The summed E-state index contributed by atoms with van der Waals surface area (Å²) in [7, 11) is 1.46. The van der Waals surface area contributed by atoms with E-state index in [0.717, 1.165) is 25.9 Å². The van der Waals surface area contributed by atoms with Crippen molar-refractivity contribution in [3.63, 3.8) is 0 Å². The number of hydrogen-bond acceptors (Lipinski definition) is 7. The number of benzene rings is 1. The molecule has 2 N–H and O–H groups in total. The average molecular weight is 503 g/mol. The summed E-state index contributed by atoms with van der Waals surface area (Å²) in [6.07, 6.45) is 4.81. The van der Waals surface area contributed by atoms with Crippen LogP contribution in [0, 0.1) is 5.82 Å². The van der Waals surface area contributed by atoms with E-state index in [4.69, 9.17) is 16.3 Å². The lowest BCUT2D eigenvalue weighted by molar-refractivity contribution is -0.122. The molecule has 1 aliphatic heterocycles. The molecule has 0 radical (unpaired) electrons. The SMILES string of the molecule is CNC(=O)COc1cc2c(F)c(Nc3nc(N4CCCCC4)ncc3Cl)ccc2n(C(C)C)c1=O. The Kier molecular flexibility index (Phi) is 7.39. The smallest absolute Gasteiger partial charge is 0.293 e. The van der Waals surface area contributed by atoms with Gasteiger partial charge in [-0.3, -0.25) is 9.59 Å². The van der Waals surface area contributed by atoms with E-state index in [1.54, 1.807) is 12.1 Å². The van der Waals surface area contributed by atoms with E-state index >= 15 is 4.39 Å². The monoisotopic (exact) mass is 502 g/mol. The fourth-order valence-electron chi connectivity index (χ4n) is 4.10. The van der Waals surface area contributed by atoms with Crippen molar-refractivity contribution in [1.29, 1.82) is 0 Å². The molecule has 0 atom stereocenters. The number of anilines is 3. The molecule has 1 fully saturated rings. The molecular formula is C24H28ClFN6O3. The zero-order chi connectivity index (χ0) is 25.1. The molecule has 0 spiro atoms. The van der Waals surface area contributed by atoms with Crippen molar-refractivity contribution in [3.05, 3.63) is 45.6 Å². The lowest BCUT2D eigenvalue weighted by Crippen LogP contribution is -2.31. The first-order valence-electron chi connectivity index (χ1n) is 11.6. The maximum Gasteiger partial charge on any atom is 0.293 e. The van der Waals surface area contributed by atoms with E-state index in [1.165, 1.54) is 30.3 Å². The van der Waals surface area contributed by atoms with E-state index in [0.29, 0.717) is 11.5 Å². The third-order valence-electron chi connectivity index (χ3n) is 5.90. The van der Waals surface area contributed by atoms with Crippen LogP contribution in [0.4, 0.5) is 21.8 Å². The quantitative estimate of drug-likeness (QED) is 0.503. The van der Waals surface area contributed by atoms with Gasteiger partial charge in [0.05, 0.1) is 17.4 Å². The van der Waals surface area contributed by atoms with Crippen LogP contribution in [0.1, 0.15) is 39.2 Å². The molecule has 186 valence electrons. The molecular weight excluding hydrogens is 475 g/mol. The van der Waals surface area contributed by atoms with Gasteiger partial charge in [0.2, 0.25) is 5.95 Å². The van der Waals surface area contributed by atoms with Crippen molar-refractivity contribution in [2.75, 3.05) is 37.0 Å². The van der Waals surface area contributed by atoms with E-state index in [9.17, 15) is 9.59 Å². The molecule has 1 aliphatic rings. The molecule has 3 heterocycles. The van der Waals surface area contributed by atoms with Gasteiger partial charge in [0, 0.05) is 31.6 Å². The van der Waals surface area contributed by atoms with Gasteiger partial charge in [0.1, 0.15) is 5.02 Å². The van der Waals surface area contributed by atoms with Gasteiger partial charge in [0.15, 0.2) is 24.0 Å².